The maximum atomic E-state index is 15.1. The van der Waals surface area contributed by atoms with Gasteiger partial charge in [0.25, 0.3) is 5.95 Å². The lowest BCUT2D eigenvalue weighted by atomic mass is 9.74. The second-order valence-corrected chi connectivity index (χ2v) is 10.8. The highest BCUT2D eigenvalue weighted by atomic mass is 19.3. The molecule has 0 amide bonds. The van der Waals surface area contributed by atoms with Gasteiger partial charge in [-0.25, -0.2) is 27.1 Å². The van der Waals surface area contributed by atoms with Crippen LogP contribution in [0.3, 0.4) is 0 Å². The van der Waals surface area contributed by atoms with Crippen molar-refractivity contribution in [2.24, 2.45) is 5.92 Å². The fourth-order valence-corrected chi connectivity index (χ4v) is 5.76. The monoisotopic (exact) mass is 571 g/mol. The van der Waals surface area contributed by atoms with Crippen LogP contribution in [-0.2, 0) is 0 Å². The van der Waals surface area contributed by atoms with Crippen LogP contribution < -0.4 is 0 Å². The molecule has 0 N–H and O–H groups in total. The number of halogens is 4. The minimum Gasteiger partial charge on any atom is -0.286 e. The summed E-state index contributed by atoms with van der Waals surface area (Å²) in [4.78, 5) is 9.25. The molecule has 0 aliphatic heterocycles. The van der Waals surface area contributed by atoms with Crippen LogP contribution in [0.15, 0.2) is 79.3 Å². The highest BCUT2D eigenvalue weighted by Crippen LogP contribution is 2.49. The Morgan fingerprint density at radius 2 is 1.62 bits per heavy atom. The minimum atomic E-state index is -2.72. The fraction of sp³-hybridized carbons (Fsp3) is 0.226. The van der Waals surface area contributed by atoms with E-state index >= 15 is 4.39 Å². The van der Waals surface area contributed by atoms with Crippen molar-refractivity contribution in [3.63, 3.8) is 0 Å². The van der Waals surface area contributed by atoms with E-state index in [9.17, 15) is 13.2 Å². The van der Waals surface area contributed by atoms with E-state index in [4.69, 9.17) is 0 Å². The molecule has 0 saturated heterocycles. The highest BCUT2D eigenvalue weighted by molar-refractivity contribution is 5.68. The Labute approximate surface area is 238 Å². The zero-order valence-electron chi connectivity index (χ0n) is 22.7. The van der Waals surface area contributed by atoms with Gasteiger partial charge in [0.1, 0.15) is 17.3 Å². The summed E-state index contributed by atoms with van der Waals surface area (Å²) in [6, 6.07) is 15.6. The summed E-state index contributed by atoms with van der Waals surface area (Å²) >= 11 is 0. The number of rotatable bonds is 6. The molecule has 1 aliphatic carbocycles. The smallest absolute Gasteiger partial charge is 0.254 e. The van der Waals surface area contributed by atoms with Crippen molar-refractivity contribution in [1.29, 1.82) is 0 Å². The SMILES string of the molecule is Cc1ccc(C)n1-c1nc2cc(-c3nc(-c4cnn(C(c5ccc(F)cc5)C5CC(F)(F)C5)c4)ccc3F)ccn2n1. The first-order valence-electron chi connectivity index (χ1n) is 13.5. The molecule has 1 atom stereocenters. The zero-order valence-corrected chi connectivity index (χ0v) is 22.7. The number of pyridine rings is 2. The standard InChI is InChI=1S/C31H25F4N7/c1-18-3-4-19(2)42(18)30-38-27-13-21(11-12-40(27)39-30)28-25(33)9-10-26(37-28)23-16-36-41(17-23)29(22-14-31(34,35)15-22)20-5-7-24(32)8-6-20/h3-13,16-17,22,29H,14-15H2,1-2H3. The number of aromatic nitrogens is 7. The first kappa shape index (κ1) is 26.1. The molecule has 212 valence electrons. The molecule has 7 nitrogen and oxygen atoms in total. The predicted molar refractivity (Wildman–Crippen MR) is 148 cm³/mol. The number of benzene rings is 1. The number of alkyl halides is 2. The van der Waals surface area contributed by atoms with Crippen molar-refractivity contribution in [2.75, 3.05) is 0 Å². The molecule has 1 saturated carbocycles. The van der Waals surface area contributed by atoms with Crippen LogP contribution in [0.5, 0.6) is 0 Å². The highest BCUT2D eigenvalue weighted by Gasteiger charge is 2.49. The van der Waals surface area contributed by atoms with Crippen LogP contribution >= 0.6 is 0 Å². The van der Waals surface area contributed by atoms with Gasteiger partial charge in [-0.1, -0.05) is 12.1 Å². The number of hydrogen-bond acceptors (Lipinski definition) is 4. The maximum absolute atomic E-state index is 15.1. The molecule has 5 aromatic heterocycles. The van der Waals surface area contributed by atoms with Crippen LogP contribution in [0.25, 0.3) is 34.1 Å². The van der Waals surface area contributed by atoms with Crippen LogP contribution in [0.1, 0.15) is 35.8 Å². The summed E-state index contributed by atoms with van der Waals surface area (Å²) in [5.74, 6) is -3.49. The van der Waals surface area contributed by atoms with Gasteiger partial charge in [0.05, 0.1) is 17.9 Å². The van der Waals surface area contributed by atoms with E-state index in [2.05, 4.69) is 20.2 Å². The third-order valence-corrected chi connectivity index (χ3v) is 7.88. The predicted octanol–water partition coefficient (Wildman–Crippen LogP) is 6.98. The molecule has 42 heavy (non-hydrogen) atoms. The number of nitrogens with zero attached hydrogens (tertiary/aromatic N) is 7. The number of fused-ring (bicyclic) bond motifs is 1. The molecule has 1 fully saturated rings. The molecule has 0 bridgehead atoms. The molecule has 7 rings (SSSR count). The molecular weight excluding hydrogens is 546 g/mol. The molecule has 5 heterocycles. The van der Waals surface area contributed by atoms with Crippen molar-refractivity contribution in [3.05, 3.63) is 108 Å². The summed E-state index contributed by atoms with van der Waals surface area (Å²) in [5, 5.41) is 9.03. The molecule has 0 radical (unpaired) electrons. The Morgan fingerprint density at radius 1 is 0.881 bits per heavy atom. The lowest BCUT2D eigenvalue weighted by Crippen LogP contribution is -2.41. The quantitative estimate of drug-likeness (QED) is 0.203. The molecule has 1 aromatic carbocycles. The fourth-order valence-electron chi connectivity index (χ4n) is 5.76. The van der Waals surface area contributed by atoms with Gasteiger partial charge in [0, 0.05) is 47.8 Å². The lowest BCUT2D eigenvalue weighted by Gasteiger charge is -2.40. The van der Waals surface area contributed by atoms with Gasteiger partial charge >= 0.3 is 0 Å². The van der Waals surface area contributed by atoms with Crippen molar-refractivity contribution >= 4 is 5.65 Å². The van der Waals surface area contributed by atoms with Crippen molar-refractivity contribution in [2.45, 2.75) is 38.7 Å². The Kier molecular flexibility index (Phi) is 6.00. The van der Waals surface area contributed by atoms with E-state index in [1.54, 1.807) is 58.1 Å². The summed E-state index contributed by atoms with van der Waals surface area (Å²) in [6.45, 7) is 3.95. The topological polar surface area (TPSA) is 65.8 Å². The Hall–Kier alpha value is -4.80. The van der Waals surface area contributed by atoms with Crippen molar-refractivity contribution in [3.8, 4) is 28.5 Å². The Balaban J connectivity index is 1.23. The van der Waals surface area contributed by atoms with Crippen molar-refractivity contribution in [1.82, 2.24) is 33.9 Å². The van der Waals surface area contributed by atoms with Gasteiger partial charge in [-0.05, 0) is 73.9 Å². The second kappa shape index (κ2) is 9.64. The van der Waals surface area contributed by atoms with Crippen LogP contribution in [0, 0.1) is 31.4 Å². The van der Waals surface area contributed by atoms with Crippen LogP contribution in [0.2, 0.25) is 0 Å². The first-order valence-corrected chi connectivity index (χ1v) is 13.5. The van der Waals surface area contributed by atoms with Gasteiger partial charge < -0.3 is 0 Å². The van der Waals surface area contributed by atoms with Gasteiger partial charge in [-0.15, -0.1) is 5.10 Å². The van der Waals surface area contributed by atoms with E-state index in [0.29, 0.717) is 34.0 Å². The zero-order chi connectivity index (χ0) is 29.2. The molecular formula is C31H25F4N7. The summed E-state index contributed by atoms with van der Waals surface area (Å²) < 4.78 is 61.5. The molecule has 1 aliphatic rings. The summed E-state index contributed by atoms with van der Waals surface area (Å²) in [5.41, 5.74) is 4.94. The second-order valence-electron chi connectivity index (χ2n) is 10.8. The normalized spacial score (nSPS) is 15.7. The third kappa shape index (κ3) is 4.54. The Bertz CT molecular complexity index is 1910. The van der Waals surface area contributed by atoms with Crippen LogP contribution in [-0.4, -0.2) is 39.9 Å². The number of hydrogen-bond donors (Lipinski definition) is 0. The largest absolute Gasteiger partial charge is 0.286 e. The number of aryl methyl sites for hydroxylation is 2. The van der Waals surface area contributed by atoms with E-state index in [-0.39, 0.29) is 24.5 Å². The Morgan fingerprint density at radius 3 is 2.33 bits per heavy atom. The van der Waals surface area contributed by atoms with Gasteiger partial charge in [-0.2, -0.15) is 10.1 Å². The summed E-state index contributed by atoms with van der Waals surface area (Å²) in [7, 11) is 0. The van der Waals surface area contributed by atoms with Crippen molar-refractivity contribution < 1.29 is 17.6 Å². The average Bonchev–Trinajstić information content (AvgIpc) is 3.67. The molecule has 0 spiro atoms. The van der Waals surface area contributed by atoms with Gasteiger partial charge in [0.15, 0.2) is 5.65 Å². The average molecular weight is 572 g/mol. The first-order chi connectivity index (χ1) is 20.1. The maximum Gasteiger partial charge on any atom is 0.254 e. The minimum absolute atomic E-state index is 0.134. The van der Waals surface area contributed by atoms with Gasteiger partial charge in [0.2, 0.25) is 5.92 Å². The summed E-state index contributed by atoms with van der Waals surface area (Å²) in [6.07, 6.45) is 4.44. The molecule has 1 unspecified atom stereocenters. The van der Waals surface area contributed by atoms with E-state index in [1.165, 1.54) is 18.2 Å². The van der Waals surface area contributed by atoms with Gasteiger partial charge in [-0.3, -0.25) is 9.25 Å². The van der Waals surface area contributed by atoms with E-state index in [1.807, 2.05) is 30.5 Å². The lowest BCUT2D eigenvalue weighted by molar-refractivity contribution is -0.120. The molecule has 11 heteroatoms. The molecule has 6 aromatic rings. The van der Waals surface area contributed by atoms with Crippen LogP contribution in [0.4, 0.5) is 17.6 Å². The third-order valence-electron chi connectivity index (χ3n) is 7.88. The van der Waals surface area contributed by atoms with E-state index < -0.39 is 23.6 Å². The van der Waals surface area contributed by atoms with E-state index in [0.717, 1.165) is 11.4 Å².